The van der Waals surface area contributed by atoms with E-state index < -0.39 is 11.7 Å². The molecule has 1 rings (SSSR count). The number of anilines is 1. The van der Waals surface area contributed by atoms with Crippen LogP contribution in [-0.4, -0.2) is 40.4 Å². The van der Waals surface area contributed by atoms with Crippen LogP contribution < -0.4 is 5.32 Å². The lowest BCUT2D eigenvalue weighted by Gasteiger charge is -1.99. The van der Waals surface area contributed by atoms with Gasteiger partial charge in [-0.2, -0.15) is 0 Å². The number of oxime groups is 1. The lowest BCUT2D eigenvalue weighted by molar-refractivity contribution is -0.129. The highest BCUT2D eigenvalue weighted by Gasteiger charge is 2.22. The molecule has 1 heterocycles. The van der Waals surface area contributed by atoms with E-state index in [2.05, 4.69) is 15.5 Å². The minimum Gasteiger partial charge on any atom is -0.476 e. The third-order valence-corrected chi connectivity index (χ3v) is 3.05. The van der Waals surface area contributed by atoms with Gasteiger partial charge in [0, 0.05) is 0 Å². The Morgan fingerprint density at radius 2 is 2.50 bits per heavy atom. The predicted molar refractivity (Wildman–Crippen MR) is 70.5 cm³/mol. The SMILES string of the molecule is CSCON=C(C(=O)O)c1nc(NC=O)sc1Cl. The molecule has 0 aliphatic carbocycles. The second kappa shape index (κ2) is 7.19. The summed E-state index contributed by atoms with van der Waals surface area (Å²) < 4.78 is 0.105. The molecule has 1 aromatic rings. The molecular formula is C8H8ClN3O4S2. The molecule has 0 bridgehead atoms. The zero-order valence-electron chi connectivity index (χ0n) is 9.05. The van der Waals surface area contributed by atoms with E-state index in [4.69, 9.17) is 21.5 Å². The van der Waals surface area contributed by atoms with E-state index in [1.165, 1.54) is 11.8 Å². The molecule has 0 aromatic carbocycles. The first-order chi connectivity index (χ1) is 8.60. The van der Waals surface area contributed by atoms with Crippen LogP contribution in [0.1, 0.15) is 5.69 Å². The monoisotopic (exact) mass is 309 g/mol. The summed E-state index contributed by atoms with van der Waals surface area (Å²) in [5.41, 5.74) is -0.455. The fourth-order valence-corrected chi connectivity index (χ4v) is 2.05. The number of halogens is 1. The molecule has 0 saturated heterocycles. The topological polar surface area (TPSA) is 101 Å². The number of carbonyl (C=O) groups excluding carboxylic acids is 1. The number of nitrogens with zero attached hydrogens (tertiary/aromatic N) is 2. The molecular weight excluding hydrogens is 302 g/mol. The van der Waals surface area contributed by atoms with Gasteiger partial charge in [0.15, 0.2) is 11.1 Å². The van der Waals surface area contributed by atoms with Gasteiger partial charge in [-0.3, -0.25) is 4.79 Å². The van der Waals surface area contributed by atoms with Crippen LogP contribution in [0.5, 0.6) is 0 Å². The molecule has 0 aliphatic heterocycles. The second-order valence-corrected chi connectivity index (χ2v) is 5.10. The highest BCUT2D eigenvalue weighted by atomic mass is 35.5. The van der Waals surface area contributed by atoms with E-state index in [1.807, 2.05) is 0 Å². The number of nitrogens with one attached hydrogen (secondary N) is 1. The zero-order valence-corrected chi connectivity index (χ0v) is 11.4. The van der Waals surface area contributed by atoms with Crippen molar-refractivity contribution in [3.63, 3.8) is 0 Å². The first-order valence-corrected chi connectivity index (χ1v) is 6.98. The average molecular weight is 310 g/mol. The Balaban J connectivity index is 3.01. The van der Waals surface area contributed by atoms with Crippen LogP contribution in [0.25, 0.3) is 0 Å². The summed E-state index contributed by atoms with van der Waals surface area (Å²) in [6, 6.07) is 0. The quantitative estimate of drug-likeness (QED) is 0.260. The second-order valence-electron chi connectivity index (χ2n) is 2.68. The summed E-state index contributed by atoms with van der Waals surface area (Å²) in [6.07, 6.45) is 2.19. The van der Waals surface area contributed by atoms with Crippen molar-refractivity contribution in [2.24, 2.45) is 5.16 Å². The normalized spacial score (nSPS) is 11.1. The van der Waals surface area contributed by atoms with Gasteiger partial charge >= 0.3 is 5.97 Å². The lowest BCUT2D eigenvalue weighted by atomic mass is 10.3. The van der Waals surface area contributed by atoms with Crippen LogP contribution in [0.2, 0.25) is 4.34 Å². The molecule has 98 valence electrons. The van der Waals surface area contributed by atoms with Crippen molar-refractivity contribution in [3.8, 4) is 0 Å². The molecule has 7 nitrogen and oxygen atoms in total. The maximum absolute atomic E-state index is 11.0. The van der Waals surface area contributed by atoms with Crippen LogP contribution >= 0.6 is 34.7 Å². The van der Waals surface area contributed by atoms with Gasteiger partial charge in [-0.1, -0.05) is 28.1 Å². The van der Waals surface area contributed by atoms with Crippen LogP contribution in [0, 0.1) is 0 Å². The Morgan fingerprint density at radius 3 is 3.06 bits per heavy atom. The van der Waals surface area contributed by atoms with Crippen molar-refractivity contribution in [2.45, 2.75) is 0 Å². The van der Waals surface area contributed by atoms with Crippen molar-refractivity contribution in [2.75, 3.05) is 17.5 Å². The molecule has 0 aliphatic rings. The molecule has 2 N–H and O–H groups in total. The number of hydrogen-bond acceptors (Lipinski definition) is 7. The summed E-state index contributed by atoms with van der Waals surface area (Å²) in [5.74, 6) is -1.11. The molecule has 1 aromatic heterocycles. The van der Waals surface area contributed by atoms with Crippen molar-refractivity contribution in [1.82, 2.24) is 4.98 Å². The molecule has 10 heteroatoms. The number of aromatic nitrogens is 1. The van der Waals surface area contributed by atoms with Crippen molar-refractivity contribution < 1.29 is 19.5 Å². The highest BCUT2D eigenvalue weighted by Crippen LogP contribution is 2.28. The molecule has 0 fully saturated rings. The largest absolute Gasteiger partial charge is 0.476 e. The summed E-state index contributed by atoms with van der Waals surface area (Å²) in [6.45, 7) is 0. The number of hydrogen-bond donors (Lipinski definition) is 2. The predicted octanol–water partition coefficient (Wildman–Crippen LogP) is 1.49. The summed E-state index contributed by atoms with van der Waals surface area (Å²) in [4.78, 5) is 29.9. The van der Waals surface area contributed by atoms with E-state index in [0.717, 1.165) is 11.3 Å². The van der Waals surface area contributed by atoms with Gasteiger partial charge in [-0.05, 0) is 6.26 Å². The number of thioether (sulfide) groups is 1. The van der Waals surface area contributed by atoms with Gasteiger partial charge in [0.25, 0.3) is 0 Å². The minimum absolute atomic E-state index is 0.0420. The fraction of sp³-hybridized carbons (Fsp3) is 0.250. The molecule has 0 radical (unpaired) electrons. The fourth-order valence-electron chi connectivity index (χ4n) is 0.887. The third-order valence-electron chi connectivity index (χ3n) is 1.52. The molecule has 18 heavy (non-hydrogen) atoms. The smallest absolute Gasteiger partial charge is 0.360 e. The number of rotatable bonds is 7. The lowest BCUT2D eigenvalue weighted by Crippen LogP contribution is -2.16. The Morgan fingerprint density at radius 1 is 1.78 bits per heavy atom. The van der Waals surface area contributed by atoms with Crippen LogP contribution in [0.4, 0.5) is 5.13 Å². The number of thiazole rings is 1. The number of carboxylic acid groups (broad SMARTS) is 1. The standard InChI is InChI=1S/C8H8ClN3O4S2/c1-17-3-16-12-5(7(14)15)4-6(9)18-8(11-4)10-2-13/h2H,3H2,1H3,(H,14,15)(H,10,11,13). The van der Waals surface area contributed by atoms with Gasteiger partial charge in [-0.15, -0.1) is 11.8 Å². The Labute approximate surface area is 115 Å². The van der Waals surface area contributed by atoms with E-state index >= 15 is 0 Å². The first-order valence-electron chi connectivity index (χ1n) is 4.39. The number of amides is 1. The molecule has 1 amide bonds. The van der Waals surface area contributed by atoms with Crippen LogP contribution in [0.3, 0.4) is 0 Å². The molecule has 0 saturated carbocycles. The van der Waals surface area contributed by atoms with Gasteiger partial charge in [0.05, 0.1) is 0 Å². The van der Waals surface area contributed by atoms with E-state index in [9.17, 15) is 9.59 Å². The van der Waals surface area contributed by atoms with Crippen molar-refractivity contribution >= 4 is 57.9 Å². The van der Waals surface area contributed by atoms with Crippen LogP contribution in [0.15, 0.2) is 5.16 Å². The van der Waals surface area contributed by atoms with Crippen molar-refractivity contribution in [3.05, 3.63) is 10.0 Å². The zero-order chi connectivity index (χ0) is 13.5. The number of aliphatic carboxylic acids is 1. The van der Waals surface area contributed by atoms with Gasteiger partial charge in [-0.25, -0.2) is 9.78 Å². The maximum Gasteiger partial charge on any atom is 0.360 e. The Hall–Kier alpha value is -1.32. The Kier molecular flexibility index (Phi) is 5.89. The summed E-state index contributed by atoms with van der Waals surface area (Å²) in [7, 11) is 0. The first kappa shape index (κ1) is 14.7. The van der Waals surface area contributed by atoms with E-state index in [0.29, 0.717) is 6.41 Å². The number of carboxylic acids is 1. The van der Waals surface area contributed by atoms with Gasteiger partial charge in [0.2, 0.25) is 12.1 Å². The summed E-state index contributed by atoms with van der Waals surface area (Å²) >= 11 is 8.09. The highest BCUT2D eigenvalue weighted by molar-refractivity contribution is 7.98. The molecule has 0 unspecified atom stereocenters. The summed E-state index contributed by atoms with van der Waals surface area (Å²) in [5, 5.41) is 14.9. The molecule has 0 spiro atoms. The number of carbonyl (C=O) groups is 2. The van der Waals surface area contributed by atoms with E-state index in [1.54, 1.807) is 6.26 Å². The minimum atomic E-state index is -1.32. The Bertz CT molecular complexity index is 477. The average Bonchev–Trinajstić information content (AvgIpc) is 2.66. The third kappa shape index (κ3) is 3.86. The van der Waals surface area contributed by atoms with E-state index in [-0.39, 0.29) is 21.1 Å². The maximum atomic E-state index is 11.0. The van der Waals surface area contributed by atoms with Crippen molar-refractivity contribution in [1.29, 1.82) is 0 Å². The molecule has 0 atom stereocenters. The van der Waals surface area contributed by atoms with Crippen LogP contribution in [-0.2, 0) is 14.4 Å². The van der Waals surface area contributed by atoms with Gasteiger partial charge in [0.1, 0.15) is 10.0 Å². The van der Waals surface area contributed by atoms with Gasteiger partial charge < -0.3 is 15.3 Å².